The quantitative estimate of drug-likeness (QED) is 0.610. The summed E-state index contributed by atoms with van der Waals surface area (Å²) in [6.45, 7) is 3.45. The Morgan fingerprint density at radius 2 is 2.10 bits per heavy atom. The van der Waals surface area contributed by atoms with Crippen LogP contribution in [-0.2, 0) is 0 Å². The molecule has 0 radical (unpaired) electrons. The van der Waals surface area contributed by atoms with E-state index >= 15 is 0 Å². The molecule has 0 aliphatic carbocycles. The number of aromatic nitrogens is 5. The van der Waals surface area contributed by atoms with Crippen molar-refractivity contribution in [2.75, 3.05) is 23.7 Å². The molecule has 3 aromatic heterocycles. The van der Waals surface area contributed by atoms with Gasteiger partial charge in [-0.3, -0.25) is 0 Å². The standard InChI is InChI=1S/C18H18ClN9OS/c1-18(22)3-6-28(7-4-18)15-13(16-27-24-9-29-16)25-17(14(21)26-15)30-11-2-5-23-10(8-20)12(11)19/h2,5,9H,3-4,6-7,22H2,1H3,(H2,21,26). The van der Waals surface area contributed by atoms with Crippen LogP contribution in [0.5, 0.6) is 0 Å². The molecule has 0 unspecified atom stereocenters. The molecule has 0 amide bonds. The van der Waals surface area contributed by atoms with Gasteiger partial charge >= 0.3 is 0 Å². The molecule has 1 saturated heterocycles. The van der Waals surface area contributed by atoms with Crippen molar-refractivity contribution >= 4 is 35.0 Å². The van der Waals surface area contributed by atoms with Gasteiger partial charge in [0.2, 0.25) is 6.39 Å². The Morgan fingerprint density at radius 1 is 1.33 bits per heavy atom. The van der Waals surface area contributed by atoms with Crippen LogP contribution >= 0.6 is 23.4 Å². The van der Waals surface area contributed by atoms with Crippen LogP contribution in [0, 0.1) is 11.3 Å². The van der Waals surface area contributed by atoms with Crippen molar-refractivity contribution < 1.29 is 4.42 Å². The van der Waals surface area contributed by atoms with Crippen LogP contribution in [0.1, 0.15) is 25.5 Å². The maximum Gasteiger partial charge on any atom is 0.269 e. The van der Waals surface area contributed by atoms with Gasteiger partial charge in [-0.25, -0.2) is 15.0 Å². The third-order valence-electron chi connectivity index (χ3n) is 4.80. The minimum atomic E-state index is -0.216. The van der Waals surface area contributed by atoms with E-state index in [1.54, 1.807) is 6.07 Å². The molecule has 4 N–H and O–H groups in total. The van der Waals surface area contributed by atoms with Crippen molar-refractivity contribution in [1.82, 2.24) is 25.1 Å². The van der Waals surface area contributed by atoms with Crippen molar-refractivity contribution in [3.05, 3.63) is 29.4 Å². The Morgan fingerprint density at radius 3 is 2.77 bits per heavy atom. The second kappa shape index (κ2) is 8.06. The van der Waals surface area contributed by atoms with E-state index in [9.17, 15) is 0 Å². The number of nitrogens with zero attached hydrogens (tertiary/aromatic N) is 7. The Bertz CT molecular complexity index is 1100. The molecule has 4 rings (SSSR count). The summed E-state index contributed by atoms with van der Waals surface area (Å²) in [7, 11) is 0. The first-order valence-electron chi connectivity index (χ1n) is 9.08. The lowest BCUT2D eigenvalue weighted by atomic mass is 9.91. The zero-order valence-corrected chi connectivity index (χ0v) is 17.6. The maximum absolute atomic E-state index is 9.15. The van der Waals surface area contributed by atoms with Crippen LogP contribution in [0.25, 0.3) is 11.6 Å². The zero-order chi connectivity index (χ0) is 21.3. The molecule has 4 heterocycles. The third kappa shape index (κ3) is 4.02. The van der Waals surface area contributed by atoms with E-state index in [0.717, 1.165) is 12.8 Å². The summed E-state index contributed by atoms with van der Waals surface area (Å²) in [4.78, 5) is 15.9. The average Bonchev–Trinajstić information content (AvgIpc) is 3.25. The Hall–Kier alpha value is -2.94. The summed E-state index contributed by atoms with van der Waals surface area (Å²) < 4.78 is 5.39. The summed E-state index contributed by atoms with van der Waals surface area (Å²) >= 11 is 7.46. The molecular weight excluding hydrogens is 426 g/mol. The minimum Gasteiger partial charge on any atom is -0.422 e. The summed E-state index contributed by atoms with van der Waals surface area (Å²) in [5, 5.41) is 17.5. The number of nitriles is 1. The number of piperidine rings is 1. The fraction of sp³-hybridized carbons (Fsp3) is 0.333. The first kappa shape index (κ1) is 20.3. The van der Waals surface area contributed by atoms with Gasteiger partial charge in [0.1, 0.15) is 11.1 Å². The van der Waals surface area contributed by atoms with Crippen molar-refractivity contribution in [2.45, 2.75) is 35.2 Å². The highest BCUT2D eigenvalue weighted by atomic mass is 35.5. The number of nitrogens with two attached hydrogens (primary N) is 2. The molecule has 154 valence electrons. The Kier molecular flexibility index (Phi) is 5.46. The molecule has 10 nitrogen and oxygen atoms in total. The molecule has 1 aliphatic rings. The molecule has 0 saturated carbocycles. The summed E-state index contributed by atoms with van der Waals surface area (Å²) in [5.41, 5.74) is 12.8. The number of halogens is 1. The number of pyridine rings is 1. The molecule has 1 fully saturated rings. The predicted molar refractivity (Wildman–Crippen MR) is 112 cm³/mol. The average molecular weight is 444 g/mol. The Labute approximate surface area is 181 Å². The molecule has 0 spiro atoms. The molecule has 0 bridgehead atoms. The highest BCUT2D eigenvalue weighted by molar-refractivity contribution is 7.99. The fourth-order valence-corrected chi connectivity index (χ4v) is 4.14. The highest BCUT2D eigenvalue weighted by Crippen LogP contribution is 2.39. The van der Waals surface area contributed by atoms with E-state index in [0.29, 0.717) is 34.5 Å². The maximum atomic E-state index is 9.15. The molecule has 12 heteroatoms. The lowest BCUT2D eigenvalue weighted by molar-refractivity contribution is 0.363. The van der Waals surface area contributed by atoms with E-state index in [1.165, 1.54) is 24.4 Å². The van der Waals surface area contributed by atoms with Gasteiger partial charge in [-0.15, -0.1) is 10.2 Å². The molecule has 30 heavy (non-hydrogen) atoms. The van der Waals surface area contributed by atoms with E-state index in [4.69, 9.17) is 32.7 Å². The van der Waals surface area contributed by atoms with Gasteiger partial charge in [-0.1, -0.05) is 23.4 Å². The number of rotatable bonds is 4. The van der Waals surface area contributed by atoms with Crippen LogP contribution in [0.2, 0.25) is 5.02 Å². The van der Waals surface area contributed by atoms with Gasteiger partial charge in [-0.05, 0) is 25.8 Å². The van der Waals surface area contributed by atoms with Gasteiger partial charge in [0.15, 0.2) is 23.0 Å². The summed E-state index contributed by atoms with van der Waals surface area (Å²) in [6, 6.07) is 3.64. The minimum absolute atomic E-state index is 0.125. The lowest BCUT2D eigenvalue weighted by Crippen LogP contribution is -2.48. The number of nitrogen functional groups attached to an aromatic ring is 1. The van der Waals surface area contributed by atoms with Crippen molar-refractivity contribution in [3.63, 3.8) is 0 Å². The van der Waals surface area contributed by atoms with Crippen molar-refractivity contribution in [2.24, 2.45) is 5.73 Å². The number of anilines is 2. The normalized spacial score (nSPS) is 15.7. The predicted octanol–water partition coefficient (Wildman–Crippen LogP) is 2.50. The van der Waals surface area contributed by atoms with Crippen LogP contribution in [-0.4, -0.2) is 43.8 Å². The fourth-order valence-electron chi connectivity index (χ4n) is 3.06. The molecule has 0 atom stereocenters. The topological polar surface area (TPSA) is 157 Å². The van der Waals surface area contributed by atoms with E-state index < -0.39 is 0 Å². The smallest absolute Gasteiger partial charge is 0.269 e. The number of hydrogen-bond acceptors (Lipinski definition) is 11. The van der Waals surface area contributed by atoms with E-state index in [1.807, 2.05) is 13.0 Å². The van der Waals surface area contributed by atoms with E-state index in [2.05, 4.69) is 30.0 Å². The van der Waals surface area contributed by atoms with Crippen molar-refractivity contribution in [3.8, 4) is 17.7 Å². The second-order valence-corrected chi connectivity index (χ2v) is 8.57. The summed E-state index contributed by atoms with van der Waals surface area (Å²) in [6.07, 6.45) is 4.34. The van der Waals surface area contributed by atoms with Crippen LogP contribution < -0.4 is 16.4 Å². The van der Waals surface area contributed by atoms with E-state index in [-0.39, 0.29) is 28.0 Å². The van der Waals surface area contributed by atoms with Gasteiger partial charge in [0, 0.05) is 29.7 Å². The van der Waals surface area contributed by atoms with Gasteiger partial charge in [0.05, 0.1) is 5.02 Å². The number of hydrogen-bond donors (Lipinski definition) is 2. The van der Waals surface area contributed by atoms with Gasteiger partial charge in [-0.2, -0.15) is 5.26 Å². The van der Waals surface area contributed by atoms with Gasteiger partial charge in [0.25, 0.3) is 5.89 Å². The largest absolute Gasteiger partial charge is 0.422 e. The molecule has 0 aromatic carbocycles. The Balaban J connectivity index is 1.74. The summed E-state index contributed by atoms with van der Waals surface area (Å²) in [5.74, 6) is 1.03. The zero-order valence-electron chi connectivity index (χ0n) is 16.0. The molecular formula is C18H18ClN9OS. The molecule has 3 aromatic rings. The van der Waals surface area contributed by atoms with Crippen LogP contribution in [0.4, 0.5) is 11.6 Å². The highest BCUT2D eigenvalue weighted by Gasteiger charge is 2.30. The lowest BCUT2D eigenvalue weighted by Gasteiger charge is -2.37. The second-order valence-electron chi connectivity index (χ2n) is 7.16. The first-order valence-corrected chi connectivity index (χ1v) is 10.3. The van der Waals surface area contributed by atoms with Gasteiger partial charge < -0.3 is 20.8 Å². The SMILES string of the molecule is CC1(N)CCN(c2nc(N)c(Sc3ccnc(C#N)c3Cl)nc2-c2nnco2)CC1. The van der Waals surface area contributed by atoms with Crippen LogP contribution in [0.3, 0.4) is 0 Å². The molecule has 1 aliphatic heterocycles. The van der Waals surface area contributed by atoms with Crippen molar-refractivity contribution in [1.29, 1.82) is 5.26 Å². The van der Waals surface area contributed by atoms with Crippen LogP contribution in [0.15, 0.2) is 33.0 Å². The third-order valence-corrected chi connectivity index (χ3v) is 6.35. The monoisotopic (exact) mass is 443 g/mol. The first-order chi connectivity index (χ1) is 14.4.